The summed E-state index contributed by atoms with van der Waals surface area (Å²) in [6, 6.07) is 10.5. The first kappa shape index (κ1) is 12.4. The molecule has 0 amide bonds. The Hall–Kier alpha value is -1.06. The first-order chi connectivity index (χ1) is 8.33. The Bertz CT molecular complexity index is 485. The highest BCUT2D eigenvalue weighted by Crippen LogP contribution is 2.27. The molecule has 0 unspecified atom stereocenters. The molecule has 2 rings (SSSR count). The summed E-state index contributed by atoms with van der Waals surface area (Å²) < 4.78 is 0. The van der Waals surface area contributed by atoms with Gasteiger partial charge in [-0.15, -0.1) is 23.1 Å². The van der Waals surface area contributed by atoms with Gasteiger partial charge in [0.25, 0.3) is 0 Å². The van der Waals surface area contributed by atoms with Crippen molar-refractivity contribution in [2.24, 2.45) is 0 Å². The Morgan fingerprint density at radius 3 is 2.59 bits per heavy atom. The predicted octanol–water partition coefficient (Wildman–Crippen LogP) is 4.73. The van der Waals surface area contributed by atoms with Crippen LogP contribution in [0.5, 0.6) is 0 Å². The number of hydrogen-bond acceptors (Lipinski definition) is 3. The summed E-state index contributed by atoms with van der Waals surface area (Å²) in [5.74, 6) is 1.16. The second kappa shape index (κ2) is 6.03. The summed E-state index contributed by atoms with van der Waals surface area (Å²) in [7, 11) is 0. The number of thiophene rings is 1. The molecule has 3 heteroatoms. The molecule has 2 aromatic rings. The molecule has 0 aliphatic rings. The Morgan fingerprint density at radius 1 is 1.24 bits per heavy atom. The zero-order chi connectivity index (χ0) is 12.1. The van der Waals surface area contributed by atoms with Crippen molar-refractivity contribution >= 4 is 29.4 Å². The molecule has 17 heavy (non-hydrogen) atoms. The lowest BCUT2D eigenvalue weighted by atomic mass is 10.1. The van der Waals surface area contributed by atoms with Crippen LogP contribution in [0.1, 0.15) is 23.0 Å². The minimum Gasteiger partial charge on any atom is -0.297 e. The van der Waals surface area contributed by atoms with Crippen molar-refractivity contribution in [2.75, 3.05) is 5.75 Å². The van der Waals surface area contributed by atoms with Crippen LogP contribution in [0, 0.1) is 0 Å². The second-order valence-electron chi connectivity index (χ2n) is 3.73. The highest BCUT2D eigenvalue weighted by molar-refractivity contribution is 7.99. The fourth-order valence-corrected chi connectivity index (χ4v) is 3.02. The van der Waals surface area contributed by atoms with E-state index in [1.54, 1.807) is 0 Å². The average Bonchev–Trinajstić information content (AvgIpc) is 2.86. The Kier molecular flexibility index (Phi) is 4.40. The molecule has 0 bridgehead atoms. The number of carbonyl (C=O) groups excluding carboxylic acids is 1. The number of aldehydes is 1. The third kappa shape index (κ3) is 3.20. The van der Waals surface area contributed by atoms with Gasteiger partial charge in [-0.3, -0.25) is 4.79 Å². The van der Waals surface area contributed by atoms with Gasteiger partial charge in [0.15, 0.2) is 6.29 Å². The van der Waals surface area contributed by atoms with Crippen molar-refractivity contribution in [3.63, 3.8) is 0 Å². The van der Waals surface area contributed by atoms with Gasteiger partial charge in [-0.05, 0) is 46.9 Å². The van der Waals surface area contributed by atoms with Crippen LogP contribution in [0.25, 0.3) is 11.1 Å². The van der Waals surface area contributed by atoms with E-state index in [4.69, 9.17) is 0 Å². The van der Waals surface area contributed by atoms with Crippen molar-refractivity contribution in [1.82, 2.24) is 0 Å². The molecule has 1 aromatic carbocycles. The van der Waals surface area contributed by atoms with Crippen LogP contribution in [0.4, 0.5) is 0 Å². The van der Waals surface area contributed by atoms with E-state index < -0.39 is 0 Å². The third-order valence-corrected chi connectivity index (χ3v) is 4.47. The smallest absolute Gasteiger partial charge is 0.160 e. The lowest BCUT2D eigenvalue weighted by Crippen LogP contribution is -1.78. The van der Waals surface area contributed by atoms with Crippen LogP contribution < -0.4 is 0 Å². The largest absolute Gasteiger partial charge is 0.297 e. The lowest BCUT2D eigenvalue weighted by Gasteiger charge is -2.01. The maximum absolute atomic E-state index is 10.6. The fourth-order valence-electron chi connectivity index (χ4n) is 1.53. The molecule has 0 spiro atoms. The van der Waals surface area contributed by atoms with E-state index in [1.807, 2.05) is 23.2 Å². The van der Waals surface area contributed by atoms with Gasteiger partial charge in [-0.2, -0.15) is 0 Å². The minimum atomic E-state index is 0.782. The summed E-state index contributed by atoms with van der Waals surface area (Å²) in [6.07, 6.45) is 2.10. The summed E-state index contributed by atoms with van der Waals surface area (Å²) >= 11 is 3.37. The number of benzene rings is 1. The quantitative estimate of drug-likeness (QED) is 0.572. The van der Waals surface area contributed by atoms with Crippen LogP contribution in [0.2, 0.25) is 0 Å². The molecule has 0 atom stereocenters. The van der Waals surface area contributed by atoms with Crippen LogP contribution in [0.3, 0.4) is 0 Å². The molecule has 0 saturated carbocycles. The van der Waals surface area contributed by atoms with Gasteiger partial charge in [0.2, 0.25) is 0 Å². The van der Waals surface area contributed by atoms with E-state index in [2.05, 4.69) is 31.2 Å². The molecule has 0 N–H and O–H groups in total. The maximum atomic E-state index is 10.6. The number of carbonyl (C=O) groups is 1. The molecule has 1 heterocycles. The van der Waals surface area contributed by atoms with E-state index in [9.17, 15) is 4.79 Å². The molecular formula is C14H14OS2. The van der Waals surface area contributed by atoms with Crippen molar-refractivity contribution in [1.29, 1.82) is 0 Å². The predicted molar refractivity (Wildman–Crippen MR) is 76.2 cm³/mol. The summed E-state index contributed by atoms with van der Waals surface area (Å²) in [6.45, 7) is 2.19. The highest BCUT2D eigenvalue weighted by atomic mass is 32.2. The SMILES string of the molecule is CCCSc1ccc(-c2csc(C=O)c2)cc1. The molecule has 0 fully saturated rings. The monoisotopic (exact) mass is 262 g/mol. The number of thioether (sulfide) groups is 1. The summed E-state index contributed by atoms with van der Waals surface area (Å²) in [5, 5.41) is 2.03. The van der Waals surface area contributed by atoms with Crippen molar-refractivity contribution in [3.8, 4) is 11.1 Å². The van der Waals surface area contributed by atoms with Gasteiger partial charge >= 0.3 is 0 Å². The summed E-state index contributed by atoms with van der Waals surface area (Å²) in [5.41, 5.74) is 2.30. The third-order valence-electron chi connectivity index (χ3n) is 2.40. The van der Waals surface area contributed by atoms with E-state index in [1.165, 1.54) is 28.2 Å². The molecule has 0 radical (unpaired) electrons. The first-order valence-corrected chi connectivity index (χ1v) is 7.47. The van der Waals surface area contributed by atoms with Gasteiger partial charge in [0, 0.05) is 4.90 Å². The average molecular weight is 262 g/mol. The van der Waals surface area contributed by atoms with Crippen molar-refractivity contribution in [2.45, 2.75) is 18.2 Å². The molecule has 0 saturated heterocycles. The van der Waals surface area contributed by atoms with Crippen LogP contribution in [0.15, 0.2) is 40.6 Å². The van der Waals surface area contributed by atoms with Gasteiger partial charge < -0.3 is 0 Å². The molecule has 1 aromatic heterocycles. The highest BCUT2D eigenvalue weighted by Gasteiger charge is 2.02. The molecule has 0 aliphatic carbocycles. The maximum Gasteiger partial charge on any atom is 0.160 e. The first-order valence-electron chi connectivity index (χ1n) is 5.60. The van der Waals surface area contributed by atoms with Gasteiger partial charge in [-0.1, -0.05) is 19.1 Å². The molecule has 0 aliphatic heterocycles. The number of rotatable bonds is 5. The van der Waals surface area contributed by atoms with Crippen LogP contribution >= 0.6 is 23.1 Å². The second-order valence-corrected chi connectivity index (χ2v) is 5.84. The Labute approximate surface area is 110 Å². The molecule has 1 nitrogen and oxygen atoms in total. The minimum absolute atomic E-state index is 0.782. The van der Waals surface area contributed by atoms with E-state index >= 15 is 0 Å². The van der Waals surface area contributed by atoms with Crippen LogP contribution in [-0.4, -0.2) is 12.0 Å². The number of hydrogen-bond donors (Lipinski definition) is 0. The Balaban J connectivity index is 2.14. The lowest BCUT2D eigenvalue weighted by molar-refractivity contribution is 0.112. The molecular weight excluding hydrogens is 248 g/mol. The zero-order valence-corrected chi connectivity index (χ0v) is 11.3. The normalized spacial score (nSPS) is 10.4. The van der Waals surface area contributed by atoms with Gasteiger partial charge in [0.1, 0.15) is 0 Å². The van der Waals surface area contributed by atoms with Gasteiger partial charge in [-0.25, -0.2) is 0 Å². The zero-order valence-electron chi connectivity index (χ0n) is 9.68. The van der Waals surface area contributed by atoms with Crippen molar-refractivity contribution in [3.05, 3.63) is 40.6 Å². The topological polar surface area (TPSA) is 17.1 Å². The van der Waals surface area contributed by atoms with E-state index in [0.29, 0.717) is 0 Å². The van der Waals surface area contributed by atoms with E-state index in [0.717, 1.165) is 22.5 Å². The standard InChI is InChI=1S/C14H14OS2/c1-2-7-16-13-5-3-11(4-6-13)12-8-14(9-15)17-10-12/h3-6,8-10H,2,7H2,1H3. The molecule has 88 valence electrons. The summed E-state index contributed by atoms with van der Waals surface area (Å²) in [4.78, 5) is 12.7. The van der Waals surface area contributed by atoms with Crippen molar-refractivity contribution < 1.29 is 4.79 Å². The van der Waals surface area contributed by atoms with Crippen LogP contribution in [-0.2, 0) is 0 Å². The van der Waals surface area contributed by atoms with E-state index in [-0.39, 0.29) is 0 Å². The van der Waals surface area contributed by atoms with Gasteiger partial charge in [0.05, 0.1) is 4.88 Å². The Morgan fingerprint density at radius 2 is 2.00 bits per heavy atom. The fraction of sp³-hybridized carbons (Fsp3) is 0.214.